The molecule has 0 fully saturated rings. The Morgan fingerprint density at radius 3 is 1.43 bits per heavy atom. The smallest absolute Gasteiger partial charge is 0.665 e. The van der Waals surface area contributed by atoms with Crippen molar-refractivity contribution in [3.63, 3.8) is 0 Å². The molecule has 3 nitrogen and oxygen atoms in total. The predicted molar refractivity (Wildman–Crippen MR) is 107 cm³/mol. The fourth-order valence-electron chi connectivity index (χ4n) is 2.25. The Morgan fingerprint density at radius 1 is 0.826 bits per heavy atom. The van der Waals surface area contributed by atoms with E-state index >= 15 is 0 Å². The molecule has 0 rings (SSSR count). The molecule has 0 aliphatic rings. The molecule has 0 aromatic carbocycles. The van der Waals surface area contributed by atoms with Gasteiger partial charge in [0.15, 0.2) is 0 Å². The van der Waals surface area contributed by atoms with Gasteiger partial charge in [-0.3, -0.25) is 0 Å². The second kappa shape index (κ2) is 12.9. The standard InChI is InChI=1S/C10H25N2Si.C8H18N.Co/c1-6-12(7-2)10-8-9-11-13(3,4)5;1-7(2,3)9-8(4,5)6;/h6-10H2,1-5H3;1-6H3;/q2*-1;+3. The van der Waals surface area contributed by atoms with Gasteiger partial charge in [-0.25, -0.2) is 0 Å². The average Bonchev–Trinajstić information content (AvgIpc) is 2.23. The van der Waals surface area contributed by atoms with E-state index < -0.39 is 8.24 Å². The molecule has 0 radical (unpaired) electrons. The summed E-state index contributed by atoms with van der Waals surface area (Å²) in [5, 5.41) is 4.54. The first kappa shape index (κ1) is 28.4. The van der Waals surface area contributed by atoms with Gasteiger partial charge in [0.05, 0.1) is 0 Å². The van der Waals surface area contributed by atoms with E-state index in [2.05, 4.69) is 85.2 Å². The van der Waals surface area contributed by atoms with Crippen LogP contribution in [0.3, 0.4) is 0 Å². The van der Waals surface area contributed by atoms with Crippen molar-refractivity contribution in [2.75, 3.05) is 26.2 Å². The summed E-state index contributed by atoms with van der Waals surface area (Å²) in [4.78, 5) is 7.17. The van der Waals surface area contributed by atoms with Crippen molar-refractivity contribution in [3.8, 4) is 0 Å². The van der Waals surface area contributed by atoms with Crippen LogP contribution in [0, 0.1) is 0 Å². The molecular weight excluding hydrogens is 345 g/mol. The monoisotopic (exact) mass is 388 g/mol. The summed E-state index contributed by atoms with van der Waals surface area (Å²) in [6.07, 6.45) is 1.23. The normalized spacial score (nSPS) is 12.5. The van der Waals surface area contributed by atoms with E-state index in [0.29, 0.717) is 0 Å². The average molecular weight is 389 g/mol. The van der Waals surface area contributed by atoms with Crippen molar-refractivity contribution in [2.45, 2.75) is 92.5 Å². The molecule has 0 bridgehead atoms. The fourth-order valence-corrected chi connectivity index (χ4v) is 3.08. The Hall–Kier alpha value is 0.603. The number of nitrogens with zero attached hydrogens (tertiary/aromatic N) is 3. The van der Waals surface area contributed by atoms with Crippen LogP contribution < -0.4 is 0 Å². The van der Waals surface area contributed by atoms with Crippen LogP contribution >= 0.6 is 0 Å². The van der Waals surface area contributed by atoms with Crippen LogP contribution in [0.4, 0.5) is 0 Å². The minimum absolute atomic E-state index is 0. The van der Waals surface area contributed by atoms with E-state index in [0.717, 1.165) is 6.54 Å². The summed E-state index contributed by atoms with van der Waals surface area (Å²) < 4.78 is 0. The van der Waals surface area contributed by atoms with Gasteiger partial charge in [0.2, 0.25) is 0 Å². The van der Waals surface area contributed by atoms with Crippen LogP contribution in [0.5, 0.6) is 0 Å². The number of hydrogen-bond acceptors (Lipinski definition) is 1. The van der Waals surface area contributed by atoms with Crippen LogP contribution in [0.25, 0.3) is 10.3 Å². The molecule has 0 aliphatic heterocycles. The molecule has 0 amide bonds. The van der Waals surface area contributed by atoms with Crippen LogP contribution in [0.1, 0.15) is 61.8 Å². The largest absolute Gasteiger partial charge is 3.00 e. The summed E-state index contributed by atoms with van der Waals surface area (Å²) >= 11 is 0. The third-order valence-electron chi connectivity index (χ3n) is 2.78. The molecular formula is C18H43CoN3Si+. The van der Waals surface area contributed by atoms with E-state index in [1.807, 2.05) is 0 Å². The van der Waals surface area contributed by atoms with E-state index in [4.69, 9.17) is 4.98 Å². The molecule has 0 atom stereocenters. The van der Waals surface area contributed by atoms with Crippen LogP contribution in [-0.2, 0) is 16.8 Å². The van der Waals surface area contributed by atoms with Crippen molar-refractivity contribution in [1.82, 2.24) is 4.90 Å². The molecule has 5 heteroatoms. The second-order valence-corrected chi connectivity index (χ2v) is 13.5. The zero-order chi connectivity index (χ0) is 18.0. The summed E-state index contributed by atoms with van der Waals surface area (Å²) in [5.74, 6) is 0. The van der Waals surface area contributed by atoms with Crippen LogP contribution in [0.15, 0.2) is 0 Å². The molecule has 0 aliphatic carbocycles. The molecule has 0 N–H and O–H groups in total. The van der Waals surface area contributed by atoms with Crippen molar-refractivity contribution >= 4 is 8.24 Å². The summed E-state index contributed by atoms with van der Waals surface area (Å²) in [7, 11) is -1.14. The Bertz CT molecular complexity index is 249. The van der Waals surface area contributed by atoms with Gasteiger partial charge in [-0.15, -0.1) is 17.6 Å². The molecule has 0 spiro atoms. The van der Waals surface area contributed by atoms with Gasteiger partial charge in [0.1, 0.15) is 0 Å². The first-order valence-corrected chi connectivity index (χ1v) is 12.3. The Kier molecular flexibility index (Phi) is 15.9. The minimum atomic E-state index is -1.14. The Labute approximate surface area is 159 Å². The topological polar surface area (TPSA) is 31.4 Å². The predicted octanol–water partition coefficient (Wildman–Crippen LogP) is 5.88. The molecule has 142 valence electrons. The molecule has 0 unspecified atom stereocenters. The molecule has 0 aromatic heterocycles. The van der Waals surface area contributed by atoms with E-state index in [1.165, 1.54) is 26.1 Å². The van der Waals surface area contributed by atoms with Gasteiger partial charge in [-0.2, -0.15) is 0 Å². The molecule has 23 heavy (non-hydrogen) atoms. The second-order valence-electron chi connectivity index (χ2n) is 8.89. The molecule has 0 heterocycles. The summed E-state index contributed by atoms with van der Waals surface area (Å²) in [5.41, 5.74) is 0.219. The molecule has 0 saturated heterocycles. The zero-order valence-corrected chi connectivity index (χ0v) is 19.8. The van der Waals surface area contributed by atoms with E-state index in [9.17, 15) is 0 Å². The molecule has 0 saturated carbocycles. The maximum atomic E-state index is 4.71. The maximum Gasteiger partial charge on any atom is 3.00 e. The van der Waals surface area contributed by atoms with Crippen molar-refractivity contribution < 1.29 is 16.8 Å². The van der Waals surface area contributed by atoms with Crippen LogP contribution in [-0.4, -0.2) is 50.4 Å². The zero-order valence-electron chi connectivity index (χ0n) is 17.7. The maximum absolute atomic E-state index is 4.71. The van der Waals surface area contributed by atoms with Crippen molar-refractivity contribution in [2.24, 2.45) is 0 Å². The molecule has 0 aromatic rings. The van der Waals surface area contributed by atoms with Gasteiger partial charge in [0.25, 0.3) is 0 Å². The van der Waals surface area contributed by atoms with Gasteiger partial charge in [-0.05, 0) is 19.6 Å². The summed E-state index contributed by atoms with van der Waals surface area (Å²) in [6, 6.07) is 0. The van der Waals surface area contributed by atoms with E-state index in [-0.39, 0.29) is 27.9 Å². The number of rotatable bonds is 7. The quantitative estimate of drug-likeness (QED) is 0.396. The summed E-state index contributed by atoms with van der Waals surface area (Å²) in [6.45, 7) is 28.7. The van der Waals surface area contributed by atoms with Crippen molar-refractivity contribution in [3.05, 3.63) is 10.3 Å². The van der Waals surface area contributed by atoms with Crippen LogP contribution in [0.2, 0.25) is 19.6 Å². The van der Waals surface area contributed by atoms with Gasteiger partial charge < -0.3 is 15.2 Å². The Balaban J connectivity index is -0.000000354. The fraction of sp³-hybridized carbons (Fsp3) is 1.00. The third-order valence-corrected chi connectivity index (χ3v) is 3.96. The van der Waals surface area contributed by atoms with Gasteiger partial charge >= 0.3 is 16.8 Å². The van der Waals surface area contributed by atoms with E-state index in [1.54, 1.807) is 0 Å². The van der Waals surface area contributed by atoms with Gasteiger partial charge in [-0.1, -0.05) is 89.7 Å². The van der Waals surface area contributed by atoms with Crippen molar-refractivity contribution in [1.29, 1.82) is 0 Å². The first-order chi connectivity index (χ1) is 9.70. The first-order valence-electron chi connectivity index (χ1n) is 8.85. The third kappa shape index (κ3) is 27.7. The minimum Gasteiger partial charge on any atom is -0.665 e. The SMILES string of the molecule is CC(C)(C)[N-]C(C)(C)C.CCN(CC)CCC[N-][Si](C)(C)C.[Co+3]. The number of hydrogen-bond donors (Lipinski definition) is 0. The van der Waals surface area contributed by atoms with Gasteiger partial charge in [0, 0.05) is 0 Å². The Morgan fingerprint density at radius 2 is 1.22 bits per heavy atom.